The molecule has 1 aromatic carbocycles. The zero-order valence-electron chi connectivity index (χ0n) is 17.1. The Bertz CT molecular complexity index is 887. The minimum Gasteiger partial charge on any atom is -0.660 e. The van der Waals surface area contributed by atoms with Crippen LogP contribution in [0.25, 0.3) is 0 Å². The number of rotatable bonds is 4. The van der Waals surface area contributed by atoms with E-state index < -0.39 is 0 Å². The summed E-state index contributed by atoms with van der Waals surface area (Å²) in [4.78, 5) is 17.5. The van der Waals surface area contributed by atoms with Gasteiger partial charge in [-0.05, 0) is 25.0 Å². The Balaban J connectivity index is 0.000000200. The molecule has 2 aromatic heterocycles. The average molecular weight is 436 g/mol. The third-order valence-electron chi connectivity index (χ3n) is 4.70. The smallest absolute Gasteiger partial charge is 0.660 e. The van der Waals surface area contributed by atoms with Gasteiger partial charge >= 0.3 is 17.1 Å². The third-order valence-corrected chi connectivity index (χ3v) is 4.70. The largest absolute Gasteiger partial charge is 2.00 e. The summed E-state index contributed by atoms with van der Waals surface area (Å²) in [6.45, 7) is 3.98. The topological polar surface area (TPSA) is 52.9 Å². The van der Waals surface area contributed by atoms with Gasteiger partial charge in [-0.15, -0.1) is 11.4 Å². The van der Waals surface area contributed by atoms with Crippen LogP contribution < -0.4 is 9.97 Å². The Morgan fingerprint density at radius 2 is 1.34 bits per heavy atom. The Hall–Kier alpha value is -2.36. The van der Waals surface area contributed by atoms with E-state index in [9.17, 15) is 0 Å². The number of aryl methyl sites for hydroxylation is 2. The summed E-state index contributed by atoms with van der Waals surface area (Å²) in [7, 11) is 0. The molecule has 0 atom stereocenters. The van der Waals surface area contributed by atoms with Crippen molar-refractivity contribution in [3.63, 3.8) is 0 Å². The molecule has 0 bridgehead atoms. The standard InChI is InChI=1S/C12H17N2.C12H11N2.Cu/c2*1-10-7-8-12(14-10)9-13-11-5-3-2-4-6-11;/h7-9,11H,2-6H2,1H3;2-9H,1H3;/q2*-1;+2. The van der Waals surface area contributed by atoms with Crippen LogP contribution in [0.4, 0.5) is 5.69 Å². The van der Waals surface area contributed by atoms with Gasteiger partial charge in [0.15, 0.2) is 0 Å². The van der Waals surface area contributed by atoms with Gasteiger partial charge in [0.2, 0.25) is 0 Å². The second kappa shape index (κ2) is 12.3. The number of para-hydroxylation sites is 1. The minimum absolute atomic E-state index is 0. The van der Waals surface area contributed by atoms with Gasteiger partial charge in [-0.1, -0.05) is 75.6 Å². The molecule has 4 rings (SSSR count). The van der Waals surface area contributed by atoms with Crippen molar-refractivity contribution in [2.45, 2.75) is 52.0 Å². The number of hydrogen-bond acceptors (Lipinski definition) is 2. The van der Waals surface area contributed by atoms with Crippen LogP contribution in [0.2, 0.25) is 0 Å². The molecule has 0 saturated heterocycles. The van der Waals surface area contributed by atoms with Crippen LogP contribution in [0, 0.1) is 13.8 Å². The Labute approximate surface area is 184 Å². The van der Waals surface area contributed by atoms with E-state index in [4.69, 9.17) is 0 Å². The molecule has 1 saturated carbocycles. The van der Waals surface area contributed by atoms with Crippen molar-refractivity contribution in [2.75, 3.05) is 0 Å². The van der Waals surface area contributed by atoms with Gasteiger partial charge < -0.3 is 9.97 Å². The first-order valence-electron chi connectivity index (χ1n) is 10.0. The molecular weight excluding hydrogens is 408 g/mol. The number of benzene rings is 1. The Morgan fingerprint density at radius 1 is 0.759 bits per heavy atom. The molecule has 1 fully saturated rings. The fraction of sp³-hybridized carbons (Fsp3) is 0.333. The van der Waals surface area contributed by atoms with E-state index in [1.165, 1.54) is 32.1 Å². The van der Waals surface area contributed by atoms with Gasteiger partial charge in [0.25, 0.3) is 0 Å². The van der Waals surface area contributed by atoms with Crippen molar-refractivity contribution in [3.8, 4) is 0 Å². The molecule has 0 N–H and O–H groups in total. The van der Waals surface area contributed by atoms with Gasteiger partial charge in [-0.25, -0.2) is 0 Å². The van der Waals surface area contributed by atoms with Gasteiger partial charge in [-0.2, -0.15) is 11.4 Å². The molecule has 1 aliphatic carbocycles. The van der Waals surface area contributed by atoms with Crippen LogP contribution in [-0.2, 0) is 17.1 Å². The van der Waals surface area contributed by atoms with Crippen LogP contribution in [0.1, 0.15) is 54.9 Å². The molecule has 0 amide bonds. The van der Waals surface area contributed by atoms with Gasteiger partial charge in [-0.3, -0.25) is 9.98 Å². The van der Waals surface area contributed by atoms with E-state index in [2.05, 4.69) is 20.0 Å². The predicted octanol–water partition coefficient (Wildman–Crippen LogP) is 5.40. The van der Waals surface area contributed by atoms with Crippen LogP contribution in [0.5, 0.6) is 0 Å². The van der Waals surface area contributed by atoms with Crippen molar-refractivity contribution < 1.29 is 17.1 Å². The third kappa shape index (κ3) is 8.26. The van der Waals surface area contributed by atoms with Crippen LogP contribution in [-0.4, -0.2) is 18.5 Å². The summed E-state index contributed by atoms with van der Waals surface area (Å²) in [5.41, 5.74) is 4.97. The van der Waals surface area contributed by atoms with Crippen molar-refractivity contribution >= 4 is 18.1 Å². The second-order valence-corrected chi connectivity index (χ2v) is 7.19. The second-order valence-electron chi connectivity index (χ2n) is 7.19. The summed E-state index contributed by atoms with van der Waals surface area (Å²) in [5, 5.41) is 0. The van der Waals surface area contributed by atoms with Crippen molar-refractivity contribution in [1.82, 2.24) is 9.97 Å². The normalized spacial score (nSPS) is 14.6. The number of hydrogen-bond donors (Lipinski definition) is 0. The molecule has 4 nitrogen and oxygen atoms in total. The molecule has 155 valence electrons. The molecular formula is C24H28CuN4. The molecule has 0 spiro atoms. The van der Waals surface area contributed by atoms with E-state index in [0.717, 1.165) is 28.5 Å². The number of aromatic nitrogens is 2. The first-order valence-corrected chi connectivity index (χ1v) is 10.0. The van der Waals surface area contributed by atoms with Crippen molar-refractivity contribution in [1.29, 1.82) is 0 Å². The zero-order valence-corrected chi connectivity index (χ0v) is 18.0. The molecule has 2 heterocycles. The Morgan fingerprint density at radius 3 is 1.90 bits per heavy atom. The van der Waals surface area contributed by atoms with Gasteiger partial charge in [0, 0.05) is 18.5 Å². The molecule has 29 heavy (non-hydrogen) atoms. The Kier molecular flexibility index (Phi) is 9.69. The van der Waals surface area contributed by atoms with E-state index in [1.807, 2.05) is 74.7 Å². The first-order chi connectivity index (χ1) is 13.7. The van der Waals surface area contributed by atoms with Crippen LogP contribution >= 0.6 is 0 Å². The minimum atomic E-state index is 0. The fourth-order valence-electron chi connectivity index (χ4n) is 3.18. The monoisotopic (exact) mass is 435 g/mol. The summed E-state index contributed by atoms with van der Waals surface area (Å²) in [6, 6.07) is 18.4. The van der Waals surface area contributed by atoms with Crippen molar-refractivity contribution in [3.05, 3.63) is 77.4 Å². The summed E-state index contributed by atoms with van der Waals surface area (Å²) in [5.74, 6) is 0. The van der Waals surface area contributed by atoms with E-state index in [-0.39, 0.29) is 17.1 Å². The first kappa shape index (κ1) is 22.9. The summed E-state index contributed by atoms with van der Waals surface area (Å²) < 4.78 is 0. The average Bonchev–Trinajstić information content (AvgIpc) is 3.35. The van der Waals surface area contributed by atoms with Crippen molar-refractivity contribution in [2.24, 2.45) is 9.98 Å². The molecule has 0 unspecified atom stereocenters. The maximum absolute atomic E-state index is 4.58. The number of nitrogens with zero attached hydrogens (tertiary/aromatic N) is 4. The quantitative estimate of drug-likeness (QED) is 0.406. The predicted molar refractivity (Wildman–Crippen MR) is 117 cm³/mol. The van der Waals surface area contributed by atoms with E-state index >= 15 is 0 Å². The molecule has 0 aliphatic heterocycles. The SMILES string of the molecule is Cc1ccc(C=NC2CCCCC2)[n-]1.Cc1ccc(C=Nc2ccccc2)[n-]1.[Cu+2]. The van der Waals surface area contributed by atoms with Gasteiger partial charge in [0.05, 0.1) is 5.69 Å². The zero-order chi connectivity index (χ0) is 19.6. The maximum atomic E-state index is 4.58. The van der Waals surface area contributed by atoms with Crippen LogP contribution in [0.3, 0.4) is 0 Å². The van der Waals surface area contributed by atoms with Crippen LogP contribution in [0.15, 0.2) is 64.6 Å². The summed E-state index contributed by atoms with van der Waals surface area (Å²) in [6.07, 6.45) is 10.3. The molecule has 1 radical (unpaired) electrons. The number of aliphatic imine (C=N–C) groups is 2. The van der Waals surface area contributed by atoms with Gasteiger partial charge in [0.1, 0.15) is 0 Å². The van der Waals surface area contributed by atoms with E-state index in [1.54, 1.807) is 6.21 Å². The van der Waals surface area contributed by atoms with E-state index in [0.29, 0.717) is 6.04 Å². The summed E-state index contributed by atoms with van der Waals surface area (Å²) >= 11 is 0. The maximum Gasteiger partial charge on any atom is 2.00 e. The molecule has 1 aliphatic rings. The molecule has 5 heteroatoms. The fourth-order valence-corrected chi connectivity index (χ4v) is 3.18. The molecule has 3 aromatic rings.